The molecule has 7 nitrogen and oxygen atoms in total. The van der Waals surface area contributed by atoms with Crippen LogP contribution in [0.1, 0.15) is 48.1 Å². The molecule has 0 unspecified atom stereocenters. The number of hydrogen-bond donors (Lipinski definition) is 1. The zero-order chi connectivity index (χ0) is 15.5. The molecule has 1 aliphatic carbocycles. The van der Waals surface area contributed by atoms with E-state index in [2.05, 4.69) is 15.2 Å². The minimum atomic E-state index is 0.115. The van der Waals surface area contributed by atoms with Crippen molar-refractivity contribution in [1.82, 2.24) is 15.2 Å². The molecule has 22 heavy (non-hydrogen) atoms. The molecule has 2 heterocycles. The van der Waals surface area contributed by atoms with E-state index in [1.807, 2.05) is 12.1 Å². The largest absolute Gasteiger partial charge is 0.424 e. The van der Waals surface area contributed by atoms with Crippen molar-refractivity contribution in [2.24, 2.45) is 0 Å². The highest BCUT2D eigenvalue weighted by Crippen LogP contribution is 2.36. The average molecular weight is 312 g/mol. The van der Waals surface area contributed by atoms with Crippen LogP contribution in [0.2, 0.25) is 0 Å². The summed E-state index contributed by atoms with van der Waals surface area (Å²) in [5.41, 5.74) is 6.20. The van der Waals surface area contributed by atoms with Crippen LogP contribution in [0.4, 0.5) is 5.82 Å². The Hall–Kier alpha value is -2.58. The zero-order valence-corrected chi connectivity index (χ0v) is 12.4. The third-order valence-electron chi connectivity index (χ3n) is 3.53. The summed E-state index contributed by atoms with van der Waals surface area (Å²) in [7, 11) is 0. The molecule has 0 aromatic carbocycles. The third-order valence-corrected chi connectivity index (χ3v) is 4.50. The molecular formula is C14H12N6OS. The average Bonchev–Trinajstić information content (AvgIpc) is 2.91. The van der Waals surface area contributed by atoms with Gasteiger partial charge in [-0.1, -0.05) is 18.2 Å². The van der Waals surface area contributed by atoms with Gasteiger partial charge in [-0.2, -0.15) is 10.5 Å². The second kappa shape index (κ2) is 6.04. The van der Waals surface area contributed by atoms with Gasteiger partial charge < -0.3 is 10.2 Å². The van der Waals surface area contributed by atoms with E-state index in [1.54, 1.807) is 0 Å². The number of anilines is 1. The third kappa shape index (κ3) is 2.74. The molecule has 1 saturated carbocycles. The van der Waals surface area contributed by atoms with Gasteiger partial charge in [-0.25, -0.2) is 4.98 Å². The Labute approximate surface area is 131 Å². The maximum atomic E-state index is 9.14. The number of hydrogen-bond acceptors (Lipinski definition) is 8. The van der Waals surface area contributed by atoms with Crippen molar-refractivity contribution in [2.45, 2.75) is 36.0 Å². The molecule has 0 atom stereocenters. The maximum Gasteiger partial charge on any atom is 0.226 e. The number of nitrogens with two attached hydrogens (primary N) is 1. The molecule has 1 fully saturated rings. The second-order valence-corrected chi connectivity index (χ2v) is 5.91. The molecule has 2 aromatic heterocycles. The summed E-state index contributed by atoms with van der Waals surface area (Å²) >= 11 is 1.29. The van der Waals surface area contributed by atoms with E-state index in [0.717, 1.165) is 12.8 Å². The van der Waals surface area contributed by atoms with Gasteiger partial charge in [0.25, 0.3) is 0 Å². The van der Waals surface area contributed by atoms with Crippen molar-refractivity contribution in [2.75, 3.05) is 5.73 Å². The fourth-order valence-corrected chi connectivity index (χ4v) is 2.86. The van der Waals surface area contributed by atoms with Crippen molar-refractivity contribution in [3.63, 3.8) is 0 Å². The van der Waals surface area contributed by atoms with Gasteiger partial charge in [0.2, 0.25) is 11.8 Å². The minimum Gasteiger partial charge on any atom is -0.424 e. The van der Waals surface area contributed by atoms with Crippen molar-refractivity contribution in [3.8, 4) is 12.1 Å². The second-order valence-electron chi connectivity index (χ2n) is 4.95. The molecule has 2 aromatic rings. The predicted molar refractivity (Wildman–Crippen MR) is 78.5 cm³/mol. The van der Waals surface area contributed by atoms with Crippen LogP contribution in [-0.4, -0.2) is 15.2 Å². The van der Waals surface area contributed by atoms with Crippen molar-refractivity contribution in [1.29, 1.82) is 10.5 Å². The topological polar surface area (TPSA) is 125 Å². The molecule has 3 rings (SSSR count). The fourth-order valence-electron chi connectivity index (χ4n) is 2.06. The molecule has 0 amide bonds. The van der Waals surface area contributed by atoms with Crippen LogP contribution in [-0.2, 0) is 5.75 Å². The Bertz CT molecular complexity index is 784. The van der Waals surface area contributed by atoms with Gasteiger partial charge in [0.15, 0.2) is 0 Å². The SMILES string of the molecule is N#Cc1cc(C#N)c(SCc2nnc(C3CCC3)o2)nc1N. The van der Waals surface area contributed by atoms with Gasteiger partial charge in [-0.3, -0.25) is 0 Å². The molecule has 0 aliphatic heterocycles. The molecule has 2 N–H and O–H groups in total. The highest BCUT2D eigenvalue weighted by Gasteiger charge is 2.25. The van der Waals surface area contributed by atoms with Crippen molar-refractivity contribution >= 4 is 17.6 Å². The zero-order valence-electron chi connectivity index (χ0n) is 11.6. The Morgan fingerprint density at radius 1 is 1.27 bits per heavy atom. The number of thioether (sulfide) groups is 1. The van der Waals surface area contributed by atoms with Gasteiger partial charge in [0.1, 0.15) is 23.0 Å². The maximum absolute atomic E-state index is 9.14. The Morgan fingerprint density at radius 2 is 2.05 bits per heavy atom. The lowest BCUT2D eigenvalue weighted by molar-refractivity contribution is 0.328. The Balaban J connectivity index is 1.73. The lowest BCUT2D eigenvalue weighted by atomic mass is 9.85. The van der Waals surface area contributed by atoms with Crippen LogP contribution in [0.25, 0.3) is 0 Å². The molecule has 1 aliphatic rings. The number of rotatable bonds is 4. The van der Waals surface area contributed by atoms with Crippen molar-refractivity contribution < 1.29 is 4.42 Å². The van der Waals surface area contributed by atoms with E-state index in [4.69, 9.17) is 20.7 Å². The predicted octanol–water partition coefficient (Wildman–Crippen LogP) is 2.35. The van der Waals surface area contributed by atoms with Gasteiger partial charge in [-0.15, -0.1) is 10.2 Å². The summed E-state index contributed by atoms with van der Waals surface area (Å²) in [4.78, 5) is 4.10. The first-order valence-corrected chi connectivity index (χ1v) is 7.75. The normalized spacial score (nSPS) is 14.1. The smallest absolute Gasteiger partial charge is 0.226 e. The summed E-state index contributed by atoms with van der Waals surface area (Å²) in [5, 5.41) is 26.6. The van der Waals surface area contributed by atoms with Crippen LogP contribution in [0.3, 0.4) is 0 Å². The van der Waals surface area contributed by atoms with Crippen LogP contribution < -0.4 is 5.73 Å². The Kier molecular flexibility index (Phi) is 3.94. The molecule has 0 bridgehead atoms. The summed E-state index contributed by atoms with van der Waals surface area (Å²) in [6, 6.07) is 5.37. The molecule has 0 spiro atoms. The Morgan fingerprint density at radius 3 is 2.68 bits per heavy atom. The first-order chi connectivity index (χ1) is 10.7. The molecule has 8 heteroatoms. The van der Waals surface area contributed by atoms with E-state index in [-0.39, 0.29) is 11.4 Å². The quantitative estimate of drug-likeness (QED) is 0.852. The number of nitrogens with zero attached hydrogens (tertiary/aromatic N) is 5. The summed E-state index contributed by atoms with van der Waals surface area (Å²) in [6.07, 6.45) is 3.40. The first-order valence-electron chi connectivity index (χ1n) is 6.77. The monoisotopic (exact) mass is 312 g/mol. The van der Waals surface area contributed by atoms with Gasteiger partial charge in [-0.05, 0) is 18.9 Å². The molecular weight excluding hydrogens is 300 g/mol. The molecule has 0 radical (unpaired) electrons. The number of nitrogen functional groups attached to an aromatic ring is 1. The summed E-state index contributed by atoms with van der Waals surface area (Å²) in [5.74, 6) is 2.11. The summed E-state index contributed by atoms with van der Waals surface area (Å²) in [6.45, 7) is 0. The minimum absolute atomic E-state index is 0.115. The lowest BCUT2D eigenvalue weighted by Crippen LogP contribution is -2.08. The highest BCUT2D eigenvalue weighted by atomic mass is 32.2. The van der Waals surface area contributed by atoms with Gasteiger partial charge in [0.05, 0.1) is 16.9 Å². The molecule has 110 valence electrons. The van der Waals surface area contributed by atoms with E-state index < -0.39 is 0 Å². The van der Waals surface area contributed by atoms with Crippen molar-refractivity contribution in [3.05, 3.63) is 29.0 Å². The number of nitriles is 2. The molecule has 0 saturated heterocycles. The van der Waals surface area contributed by atoms with E-state index in [1.165, 1.54) is 24.2 Å². The highest BCUT2D eigenvalue weighted by molar-refractivity contribution is 7.98. The fraction of sp³-hybridized carbons (Fsp3) is 0.357. The van der Waals surface area contributed by atoms with Gasteiger partial charge in [0, 0.05) is 5.92 Å². The number of aromatic nitrogens is 3. The van der Waals surface area contributed by atoms with E-state index in [9.17, 15) is 0 Å². The van der Waals surface area contributed by atoms with Crippen LogP contribution in [0, 0.1) is 22.7 Å². The van der Waals surface area contributed by atoms with E-state index in [0.29, 0.717) is 34.0 Å². The lowest BCUT2D eigenvalue weighted by Gasteiger charge is -2.20. The van der Waals surface area contributed by atoms with Crippen LogP contribution >= 0.6 is 11.8 Å². The first kappa shape index (κ1) is 14.4. The standard InChI is InChI=1S/C14H12N6OS/c15-5-9-4-10(6-16)14(18-12(9)17)22-7-11-19-20-13(21-11)8-2-1-3-8/h4,8H,1-3,7H2,(H2,17,18). The number of pyridine rings is 1. The van der Waals surface area contributed by atoms with Crippen LogP contribution in [0.15, 0.2) is 15.5 Å². The summed E-state index contributed by atoms with van der Waals surface area (Å²) < 4.78 is 5.62. The van der Waals surface area contributed by atoms with Crippen LogP contribution in [0.5, 0.6) is 0 Å². The van der Waals surface area contributed by atoms with Gasteiger partial charge >= 0.3 is 0 Å². The van der Waals surface area contributed by atoms with E-state index >= 15 is 0 Å².